The standard InChI is InChI=1S/C7H7Cl2PS/c8-10(9)11-6-7-4-2-1-3-5-7/h1-5H,6H2. The molecule has 11 heavy (non-hydrogen) atoms. The summed E-state index contributed by atoms with van der Waals surface area (Å²) in [7, 11) is 0. The maximum Gasteiger partial charge on any atom is 0.145 e. The molecule has 1 aromatic carbocycles. The summed E-state index contributed by atoms with van der Waals surface area (Å²) in [6, 6.07) is 10.2. The summed E-state index contributed by atoms with van der Waals surface area (Å²) in [6.07, 6.45) is 0. The number of hydrogen-bond acceptors (Lipinski definition) is 1. The van der Waals surface area contributed by atoms with Gasteiger partial charge in [0.05, 0.1) is 0 Å². The molecule has 0 N–H and O–H groups in total. The van der Waals surface area contributed by atoms with E-state index >= 15 is 0 Å². The van der Waals surface area contributed by atoms with Gasteiger partial charge in [-0.1, -0.05) is 64.2 Å². The first-order valence-corrected chi connectivity index (χ1v) is 7.82. The van der Waals surface area contributed by atoms with E-state index in [-0.39, 0.29) is 0 Å². The van der Waals surface area contributed by atoms with Crippen LogP contribution in [-0.2, 0) is 5.75 Å². The Balaban J connectivity index is 2.39. The summed E-state index contributed by atoms with van der Waals surface area (Å²) >= 11 is 12.8. The van der Waals surface area contributed by atoms with Gasteiger partial charge in [-0.2, -0.15) is 0 Å². The molecule has 60 valence electrons. The summed E-state index contributed by atoms with van der Waals surface area (Å²) in [4.78, 5) is 0. The fraction of sp³-hybridized carbons (Fsp3) is 0.143. The molecule has 0 aliphatic heterocycles. The van der Waals surface area contributed by atoms with Gasteiger partial charge in [-0.05, 0) is 5.56 Å². The zero-order chi connectivity index (χ0) is 8.10. The highest BCUT2D eigenvalue weighted by Gasteiger charge is 1.99. The summed E-state index contributed by atoms with van der Waals surface area (Å²) in [6.45, 7) is 0. The van der Waals surface area contributed by atoms with E-state index in [0.29, 0.717) is 0 Å². The van der Waals surface area contributed by atoms with E-state index in [1.165, 1.54) is 5.56 Å². The molecule has 0 nitrogen and oxygen atoms in total. The van der Waals surface area contributed by atoms with Crippen LogP contribution in [0, 0.1) is 0 Å². The number of halogens is 2. The molecule has 0 saturated heterocycles. The molecule has 1 aromatic rings. The third-order valence-electron chi connectivity index (χ3n) is 1.17. The average molecular weight is 225 g/mol. The van der Waals surface area contributed by atoms with Crippen LogP contribution >= 0.6 is 39.7 Å². The Bertz CT molecular complexity index is 203. The Morgan fingerprint density at radius 3 is 2.36 bits per heavy atom. The summed E-state index contributed by atoms with van der Waals surface area (Å²) in [5, 5.41) is 0. The van der Waals surface area contributed by atoms with E-state index in [0.717, 1.165) is 5.75 Å². The minimum Gasteiger partial charge on any atom is -0.0975 e. The maximum absolute atomic E-state index is 5.62. The lowest BCUT2D eigenvalue weighted by Crippen LogP contribution is -1.74. The molecular formula is C7H7Cl2PS. The van der Waals surface area contributed by atoms with Gasteiger partial charge in [0.1, 0.15) is 5.83 Å². The van der Waals surface area contributed by atoms with Crippen molar-refractivity contribution in [3.8, 4) is 0 Å². The van der Waals surface area contributed by atoms with Crippen LogP contribution in [0.25, 0.3) is 0 Å². The first-order chi connectivity index (χ1) is 5.29. The lowest BCUT2D eigenvalue weighted by molar-refractivity contribution is 1.43. The van der Waals surface area contributed by atoms with Gasteiger partial charge in [-0.25, -0.2) is 0 Å². The average Bonchev–Trinajstić information content (AvgIpc) is 2.03. The van der Waals surface area contributed by atoms with E-state index in [9.17, 15) is 0 Å². The highest BCUT2D eigenvalue weighted by Crippen LogP contribution is 2.60. The molecule has 1 rings (SSSR count). The third kappa shape index (κ3) is 4.22. The van der Waals surface area contributed by atoms with Crippen molar-refractivity contribution in [3.05, 3.63) is 35.9 Å². The van der Waals surface area contributed by atoms with E-state index < -0.39 is 5.83 Å². The van der Waals surface area contributed by atoms with Gasteiger partial charge in [0.15, 0.2) is 0 Å². The molecule has 0 aliphatic rings. The van der Waals surface area contributed by atoms with Gasteiger partial charge in [0.2, 0.25) is 0 Å². The van der Waals surface area contributed by atoms with Crippen molar-refractivity contribution in [1.29, 1.82) is 0 Å². The molecule has 0 aliphatic carbocycles. The molecule has 0 amide bonds. The Labute approximate surface area is 81.4 Å². The second-order valence-electron chi connectivity index (χ2n) is 1.96. The van der Waals surface area contributed by atoms with Crippen LogP contribution in [0.1, 0.15) is 5.56 Å². The second kappa shape index (κ2) is 5.27. The SMILES string of the molecule is ClP(Cl)SCc1ccccc1. The molecule has 4 heteroatoms. The van der Waals surface area contributed by atoms with Crippen molar-refractivity contribution < 1.29 is 0 Å². The van der Waals surface area contributed by atoms with Gasteiger partial charge in [-0.15, -0.1) is 0 Å². The Morgan fingerprint density at radius 2 is 1.82 bits per heavy atom. The Kier molecular flexibility index (Phi) is 4.63. The first kappa shape index (κ1) is 9.67. The largest absolute Gasteiger partial charge is 0.145 e. The molecule has 0 atom stereocenters. The number of benzene rings is 1. The van der Waals surface area contributed by atoms with Crippen molar-refractivity contribution in [2.45, 2.75) is 5.75 Å². The van der Waals surface area contributed by atoms with Gasteiger partial charge in [0.25, 0.3) is 0 Å². The number of hydrogen-bond donors (Lipinski definition) is 0. The monoisotopic (exact) mass is 224 g/mol. The normalized spacial score (nSPS) is 10.5. The molecule has 0 fully saturated rings. The van der Waals surface area contributed by atoms with Gasteiger partial charge in [-0.3, -0.25) is 0 Å². The second-order valence-corrected chi connectivity index (χ2v) is 8.53. The topological polar surface area (TPSA) is 0 Å². The summed E-state index contributed by atoms with van der Waals surface area (Å²) in [5.74, 6) is 0.0393. The fourth-order valence-corrected chi connectivity index (χ4v) is 2.75. The van der Waals surface area contributed by atoms with Crippen molar-refractivity contribution in [3.63, 3.8) is 0 Å². The van der Waals surface area contributed by atoms with Crippen molar-refractivity contribution in [1.82, 2.24) is 0 Å². The zero-order valence-electron chi connectivity index (χ0n) is 5.71. The number of rotatable bonds is 3. The lowest BCUT2D eigenvalue weighted by atomic mass is 10.2. The highest BCUT2D eigenvalue weighted by molar-refractivity contribution is 8.69. The van der Waals surface area contributed by atoms with Crippen LogP contribution in [0.15, 0.2) is 30.3 Å². The van der Waals surface area contributed by atoms with Crippen LogP contribution in [0.3, 0.4) is 0 Å². The Morgan fingerprint density at radius 1 is 1.18 bits per heavy atom. The van der Waals surface area contributed by atoms with E-state index in [1.54, 1.807) is 11.4 Å². The third-order valence-corrected chi connectivity index (χ3v) is 4.56. The fourth-order valence-electron chi connectivity index (χ4n) is 0.698. The van der Waals surface area contributed by atoms with Crippen LogP contribution in [-0.4, -0.2) is 0 Å². The van der Waals surface area contributed by atoms with E-state index in [1.807, 2.05) is 18.2 Å². The molecule has 0 unspecified atom stereocenters. The van der Waals surface area contributed by atoms with Crippen LogP contribution in [0.2, 0.25) is 0 Å². The van der Waals surface area contributed by atoms with E-state index in [4.69, 9.17) is 22.5 Å². The van der Waals surface area contributed by atoms with Crippen LogP contribution < -0.4 is 0 Å². The minimum atomic E-state index is -0.863. The minimum absolute atomic E-state index is 0.863. The molecule has 0 bridgehead atoms. The van der Waals surface area contributed by atoms with Crippen molar-refractivity contribution in [2.24, 2.45) is 0 Å². The van der Waals surface area contributed by atoms with Gasteiger partial charge >= 0.3 is 0 Å². The molecule has 0 radical (unpaired) electrons. The van der Waals surface area contributed by atoms with E-state index in [2.05, 4.69) is 12.1 Å². The predicted molar refractivity (Wildman–Crippen MR) is 56.4 cm³/mol. The molecular weight excluding hydrogens is 218 g/mol. The maximum atomic E-state index is 5.62. The predicted octanol–water partition coefficient (Wildman–Crippen LogP) is 4.62. The van der Waals surface area contributed by atoms with Crippen LogP contribution in [0.4, 0.5) is 0 Å². The van der Waals surface area contributed by atoms with Gasteiger partial charge < -0.3 is 0 Å². The molecule has 0 spiro atoms. The molecule has 0 heterocycles. The highest BCUT2D eigenvalue weighted by atomic mass is 35.9. The van der Waals surface area contributed by atoms with Gasteiger partial charge in [0, 0.05) is 5.75 Å². The lowest BCUT2D eigenvalue weighted by Gasteiger charge is -1.99. The van der Waals surface area contributed by atoms with Crippen LogP contribution in [0.5, 0.6) is 0 Å². The zero-order valence-corrected chi connectivity index (χ0v) is 8.93. The molecule has 0 saturated carbocycles. The first-order valence-electron chi connectivity index (χ1n) is 3.07. The summed E-state index contributed by atoms with van der Waals surface area (Å²) < 4.78 is 0. The molecule has 0 aromatic heterocycles. The summed E-state index contributed by atoms with van der Waals surface area (Å²) in [5.41, 5.74) is 1.27. The quantitative estimate of drug-likeness (QED) is 0.676. The smallest absolute Gasteiger partial charge is 0.0975 e. The Hall–Kier alpha value is 0.580. The van der Waals surface area contributed by atoms with Crippen molar-refractivity contribution in [2.75, 3.05) is 0 Å². The van der Waals surface area contributed by atoms with Crippen molar-refractivity contribution >= 4 is 39.7 Å².